The van der Waals surface area contributed by atoms with E-state index in [1.165, 1.54) is 4.72 Å². The number of carbonyl (C=O) groups excluding carboxylic acids is 1. The number of carboxylic acids is 1. The second-order valence-corrected chi connectivity index (χ2v) is 7.95. The van der Waals surface area contributed by atoms with Gasteiger partial charge in [0, 0.05) is 6.04 Å². The monoisotopic (exact) mass is 330 g/mol. The highest BCUT2D eigenvalue weighted by Gasteiger charge is 2.40. The number of hydrogen-bond acceptors (Lipinski definition) is 7. The summed E-state index contributed by atoms with van der Waals surface area (Å²) in [5, 5.41) is 8.73. The van der Waals surface area contributed by atoms with Crippen LogP contribution in [0.15, 0.2) is 0 Å². The van der Waals surface area contributed by atoms with E-state index in [0.717, 1.165) is 7.11 Å². The molecule has 2 N–H and O–H groups in total. The number of rotatable bonds is 5. The molecule has 0 spiro atoms. The Balaban J connectivity index is 3.01. The molecule has 0 aliphatic carbocycles. The number of sulfone groups is 1. The minimum Gasteiger partial charge on any atom is -0.480 e. The molecule has 0 aromatic rings. The zero-order valence-electron chi connectivity index (χ0n) is 10.5. The Morgan fingerprint density at radius 1 is 1.45 bits per heavy atom. The summed E-state index contributed by atoms with van der Waals surface area (Å²) in [6.45, 7) is -0.952. The van der Waals surface area contributed by atoms with Crippen LogP contribution in [0.1, 0.15) is 6.42 Å². The third-order valence-corrected chi connectivity index (χ3v) is 5.83. The van der Waals surface area contributed by atoms with Crippen molar-refractivity contribution < 1.29 is 36.3 Å². The van der Waals surface area contributed by atoms with E-state index < -0.39 is 50.4 Å². The van der Waals surface area contributed by atoms with E-state index in [-0.39, 0.29) is 12.2 Å². The van der Waals surface area contributed by atoms with Gasteiger partial charge in [-0.2, -0.15) is 12.7 Å². The van der Waals surface area contributed by atoms with Gasteiger partial charge in [-0.25, -0.2) is 17.9 Å². The van der Waals surface area contributed by atoms with Crippen LogP contribution >= 0.6 is 0 Å². The predicted octanol–water partition coefficient (Wildman–Crippen LogP) is -1.84. The Hall–Kier alpha value is -1.40. The molecule has 0 aromatic heterocycles. The molecule has 1 aliphatic heterocycles. The first kappa shape index (κ1) is 16.7. The fourth-order valence-electron chi connectivity index (χ4n) is 1.75. The van der Waals surface area contributed by atoms with E-state index in [4.69, 9.17) is 5.11 Å². The highest BCUT2D eigenvalue weighted by atomic mass is 32.2. The van der Waals surface area contributed by atoms with Gasteiger partial charge in [0.1, 0.15) is 6.54 Å². The second kappa shape index (κ2) is 5.93. The summed E-state index contributed by atoms with van der Waals surface area (Å²) in [7, 11) is -6.98. The molecular formula is C8H14N2O8S2. The van der Waals surface area contributed by atoms with Gasteiger partial charge in [0.05, 0.1) is 18.6 Å². The summed E-state index contributed by atoms with van der Waals surface area (Å²) in [6.07, 6.45) is -1.32. The molecule has 1 saturated heterocycles. The average molecular weight is 330 g/mol. The van der Waals surface area contributed by atoms with Crippen LogP contribution in [-0.4, -0.2) is 69.5 Å². The van der Waals surface area contributed by atoms with E-state index in [0.29, 0.717) is 4.31 Å². The zero-order valence-corrected chi connectivity index (χ0v) is 12.1. The number of aliphatic carboxylic acids is 1. The van der Waals surface area contributed by atoms with E-state index in [1.54, 1.807) is 0 Å². The molecule has 1 fully saturated rings. The molecule has 116 valence electrons. The molecule has 0 aromatic carbocycles. The Bertz CT molecular complexity index is 596. The minimum absolute atomic E-state index is 0.0301. The smallest absolute Gasteiger partial charge is 0.421 e. The molecule has 1 heterocycles. The van der Waals surface area contributed by atoms with Crippen LogP contribution in [0.5, 0.6) is 0 Å². The highest BCUT2D eigenvalue weighted by Crippen LogP contribution is 2.19. The maximum absolute atomic E-state index is 11.9. The number of methoxy groups -OCH3 is 1. The van der Waals surface area contributed by atoms with Gasteiger partial charge in [-0.15, -0.1) is 0 Å². The Morgan fingerprint density at radius 2 is 2.05 bits per heavy atom. The average Bonchev–Trinajstić information content (AvgIpc) is 2.65. The number of nitrogens with zero attached hydrogens (tertiary/aromatic N) is 1. The standard InChI is InChI=1S/C8H14N2O8S2/c1-18-8(13)9-20(16,17)10(4-7(11)12)6-2-3-19(14,15)5-6/h6H,2-5H2,1H3,(H,9,13)(H,11,12). The van der Waals surface area contributed by atoms with Crippen LogP contribution < -0.4 is 4.72 Å². The SMILES string of the molecule is COC(=O)NS(=O)(=O)N(CC(=O)O)C1CCS(=O)(=O)C1. The molecule has 0 radical (unpaired) electrons. The number of carboxylic acid groups (broad SMARTS) is 1. The summed E-state index contributed by atoms with van der Waals surface area (Å²) in [5.74, 6) is -2.19. The van der Waals surface area contributed by atoms with Gasteiger partial charge in [-0.05, 0) is 6.42 Å². The topological polar surface area (TPSA) is 147 Å². The van der Waals surface area contributed by atoms with Crippen LogP contribution in [0, 0.1) is 0 Å². The summed E-state index contributed by atoms with van der Waals surface area (Å²) in [5.41, 5.74) is 0. The van der Waals surface area contributed by atoms with Gasteiger partial charge >= 0.3 is 22.3 Å². The molecule has 1 atom stereocenters. The third-order valence-electron chi connectivity index (χ3n) is 2.61. The largest absolute Gasteiger partial charge is 0.480 e. The van der Waals surface area contributed by atoms with Gasteiger partial charge in [-0.3, -0.25) is 4.79 Å². The molecule has 1 aliphatic rings. The molecule has 0 saturated carbocycles. The van der Waals surface area contributed by atoms with E-state index in [9.17, 15) is 26.4 Å². The first-order valence-electron chi connectivity index (χ1n) is 5.37. The van der Waals surface area contributed by atoms with Crippen LogP contribution in [0.2, 0.25) is 0 Å². The van der Waals surface area contributed by atoms with Crippen molar-refractivity contribution in [3.63, 3.8) is 0 Å². The van der Waals surface area contributed by atoms with Crippen molar-refractivity contribution in [1.82, 2.24) is 9.03 Å². The van der Waals surface area contributed by atoms with Crippen molar-refractivity contribution in [3.8, 4) is 0 Å². The Labute approximate surface area is 115 Å². The van der Waals surface area contributed by atoms with Crippen LogP contribution in [0.4, 0.5) is 4.79 Å². The van der Waals surface area contributed by atoms with Gasteiger partial charge in [0.25, 0.3) is 0 Å². The van der Waals surface area contributed by atoms with E-state index in [2.05, 4.69) is 4.74 Å². The van der Waals surface area contributed by atoms with Crippen molar-refractivity contribution in [3.05, 3.63) is 0 Å². The fraction of sp³-hybridized carbons (Fsp3) is 0.750. The molecule has 10 nitrogen and oxygen atoms in total. The normalized spacial score (nSPS) is 21.6. The predicted molar refractivity (Wildman–Crippen MR) is 65.9 cm³/mol. The molecule has 20 heavy (non-hydrogen) atoms. The van der Waals surface area contributed by atoms with Gasteiger partial charge < -0.3 is 9.84 Å². The van der Waals surface area contributed by atoms with Gasteiger partial charge in [0.15, 0.2) is 9.84 Å². The van der Waals surface area contributed by atoms with Gasteiger partial charge in [0.2, 0.25) is 0 Å². The quantitative estimate of drug-likeness (QED) is 0.597. The van der Waals surface area contributed by atoms with Crippen molar-refractivity contribution >= 4 is 32.1 Å². The Kier molecular flexibility index (Phi) is 4.94. The number of hydrogen-bond donors (Lipinski definition) is 2. The summed E-state index contributed by atoms with van der Waals surface area (Å²) in [6, 6.07) is -1.03. The van der Waals surface area contributed by atoms with Crippen molar-refractivity contribution in [1.29, 1.82) is 0 Å². The third kappa shape index (κ3) is 4.31. The van der Waals surface area contributed by atoms with Crippen LogP contribution in [-0.2, 0) is 29.6 Å². The Morgan fingerprint density at radius 3 is 2.45 bits per heavy atom. The van der Waals surface area contributed by atoms with Gasteiger partial charge in [-0.1, -0.05) is 0 Å². The maximum Gasteiger partial charge on any atom is 0.421 e. The van der Waals surface area contributed by atoms with Crippen LogP contribution in [0.3, 0.4) is 0 Å². The lowest BCUT2D eigenvalue weighted by molar-refractivity contribution is -0.137. The van der Waals surface area contributed by atoms with Crippen molar-refractivity contribution in [2.45, 2.75) is 12.5 Å². The number of amides is 1. The maximum atomic E-state index is 11.9. The lowest BCUT2D eigenvalue weighted by Gasteiger charge is -2.25. The summed E-state index contributed by atoms with van der Waals surface area (Å²) >= 11 is 0. The minimum atomic E-state index is -4.50. The lowest BCUT2D eigenvalue weighted by atomic mass is 10.2. The van der Waals surface area contributed by atoms with E-state index >= 15 is 0 Å². The van der Waals surface area contributed by atoms with Crippen molar-refractivity contribution in [2.75, 3.05) is 25.2 Å². The molecule has 12 heteroatoms. The van der Waals surface area contributed by atoms with Crippen LogP contribution in [0.25, 0.3) is 0 Å². The number of nitrogens with one attached hydrogen (secondary N) is 1. The zero-order chi connectivity index (χ0) is 15.6. The fourth-order valence-corrected chi connectivity index (χ4v) is 4.84. The lowest BCUT2D eigenvalue weighted by Crippen LogP contribution is -2.50. The summed E-state index contributed by atoms with van der Waals surface area (Å²) in [4.78, 5) is 21.7. The molecular weight excluding hydrogens is 316 g/mol. The second-order valence-electron chi connectivity index (χ2n) is 4.09. The number of carbonyl (C=O) groups is 2. The first-order chi connectivity index (χ1) is 9.07. The summed E-state index contributed by atoms with van der Waals surface area (Å²) < 4.78 is 52.5. The molecule has 1 amide bonds. The first-order valence-corrected chi connectivity index (χ1v) is 8.63. The van der Waals surface area contributed by atoms with E-state index in [1.807, 2.05) is 0 Å². The molecule has 1 unspecified atom stereocenters. The number of ether oxygens (including phenoxy) is 1. The van der Waals surface area contributed by atoms with Crippen molar-refractivity contribution in [2.24, 2.45) is 0 Å². The highest BCUT2D eigenvalue weighted by molar-refractivity contribution is 7.91. The molecule has 1 rings (SSSR count). The molecule has 0 bridgehead atoms.